The van der Waals surface area contributed by atoms with Crippen molar-refractivity contribution in [1.29, 1.82) is 0 Å². The van der Waals surface area contributed by atoms with Crippen LogP contribution < -0.4 is 11.1 Å². The molecule has 0 aliphatic heterocycles. The number of aromatic nitrogens is 1. The largest absolute Gasteiger partial charge is 0.384 e. The van der Waals surface area contributed by atoms with Crippen molar-refractivity contribution in [3.05, 3.63) is 47.6 Å². The summed E-state index contributed by atoms with van der Waals surface area (Å²) in [5.41, 5.74) is 7.29. The summed E-state index contributed by atoms with van der Waals surface area (Å²) in [7, 11) is 0. The Hall–Kier alpha value is -1.74. The fourth-order valence-electron chi connectivity index (χ4n) is 1.21. The molecular formula is C11H10ClN3. The van der Waals surface area contributed by atoms with Gasteiger partial charge in [-0.2, -0.15) is 0 Å². The first kappa shape index (κ1) is 9.80. The standard InChI is InChI=1S/C11H10ClN3/c12-8-2-1-3-9(6-8)15-10-4-5-11(13)14-7-10/h1-7,15H,(H2,13,14). The molecule has 2 rings (SSSR count). The lowest BCUT2D eigenvalue weighted by Crippen LogP contribution is -1.93. The van der Waals surface area contributed by atoms with Gasteiger partial charge in [-0.25, -0.2) is 4.98 Å². The number of hydrogen-bond donors (Lipinski definition) is 2. The third kappa shape index (κ3) is 2.60. The van der Waals surface area contributed by atoms with Crippen LogP contribution in [0.25, 0.3) is 0 Å². The van der Waals surface area contributed by atoms with E-state index in [0.717, 1.165) is 11.4 Å². The highest BCUT2D eigenvalue weighted by Gasteiger charge is 1.95. The molecular weight excluding hydrogens is 210 g/mol. The molecule has 0 saturated heterocycles. The number of nitrogens with two attached hydrogens (primary N) is 1. The quantitative estimate of drug-likeness (QED) is 0.816. The fourth-order valence-corrected chi connectivity index (χ4v) is 1.40. The monoisotopic (exact) mass is 219 g/mol. The Morgan fingerprint density at radius 3 is 2.67 bits per heavy atom. The number of rotatable bonds is 2. The molecule has 76 valence electrons. The molecule has 0 atom stereocenters. The summed E-state index contributed by atoms with van der Waals surface area (Å²) in [6.45, 7) is 0. The van der Waals surface area contributed by atoms with Gasteiger partial charge in [-0.05, 0) is 30.3 Å². The van der Waals surface area contributed by atoms with Crippen LogP contribution in [0, 0.1) is 0 Å². The summed E-state index contributed by atoms with van der Waals surface area (Å²) in [4.78, 5) is 3.98. The van der Waals surface area contributed by atoms with Crippen LogP contribution in [0.3, 0.4) is 0 Å². The molecule has 0 unspecified atom stereocenters. The van der Waals surface area contributed by atoms with Crippen molar-refractivity contribution in [3.8, 4) is 0 Å². The molecule has 0 aliphatic rings. The molecule has 3 N–H and O–H groups in total. The minimum Gasteiger partial charge on any atom is -0.384 e. The zero-order chi connectivity index (χ0) is 10.7. The molecule has 1 aromatic heterocycles. The Balaban J connectivity index is 2.18. The Bertz CT molecular complexity index is 454. The Kier molecular flexibility index (Phi) is 2.74. The lowest BCUT2D eigenvalue weighted by molar-refractivity contribution is 1.33. The molecule has 0 amide bonds. The number of nitrogens with one attached hydrogen (secondary N) is 1. The molecule has 0 aliphatic carbocycles. The van der Waals surface area contributed by atoms with Crippen LogP contribution >= 0.6 is 11.6 Å². The first-order valence-electron chi connectivity index (χ1n) is 4.48. The van der Waals surface area contributed by atoms with E-state index in [1.165, 1.54) is 0 Å². The minimum atomic E-state index is 0.506. The van der Waals surface area contributed by atoms with Crippen molar-refractivity contribution in [2.24, 2.45) is 0 Å². The van der Waals surface area contributed by atoms with Crippen LogP contribution in [-0.4, -0.2) is 4.98 Å². The van der Waals surface area contributed by atoms with Gasteiger partial charge in [0.2, 0.25) is 0 Å². The van der Waals surface area contributed by atoms with Crippen molar-refractivity contribution < 1.29 is 0 Å². The van der Waals surface area contributed by atoms with Crippen LogP contribution in [0.2, 0.25) is 5.02 Å². The average molecular weight is 220 g/mol. The predicted octanol–water partition coefficient (Wildman–Crippen LogP) is 3.06. The van der Waals surface area contributed by atoms with Crippen LogP contribution in [0.1, 0.15) is 0 Å². The van der Waals surface area contributed by atoms with E-state index < -0.39 is 0 Å². The summed E-state index contributed by atoms with van der Waals surface area (Å²) in [6, 6.07) is 11.1. The van der Waals surface area contributed by atoms with E-state index in [2.05, 4.69) is 10.3 Å². The normalized spacial score (nSPS) is 9.93. The lowest BCUT2D eigenvalue weighted by Gasteiger charge is -2.05. The second-order valence-corrected chi connectivity index (χ2v) is 3.54. The predicted molar refractivity (Wildman–Crippen MR) is 63.4 cm³/mol. The van der Waals surface area contributed by atoms with Gasteiger partial charge in [-0.1, -0.05) is 17.7 Å². The smallest absolute Gasteiger partial charge is 0.123 e. The van der Waals surface area contributed by atoms with E-state index in [9.17, 15) is 0 Å². The molecule has 4 heteroatoms. The van der Waals surface area contributed by atoms with Crippen LogP contribution in [0.15, 0.2) is 42.6 Å². The molecule has 0 saturated carbocycles. The number of anilines is 3. The summed E-state index contributed by atoms with van der Waals surface area (Å²) in [6.07, 6.45) is 1.68. The number of nitrogen functional groups attached to an aromatic ring is 1. The van der Waals surface area contributed by atoms with E-state index in [1.807, 2.05) is 30.3 Å². The van der Waals surface area contributed by atoms with Gasteiger partial charge < -0.3 is 11.1 Å². The van der Waals surface area contributed by atoms with Gasteiger partial charge in [0.1, 0.15) is 5.82 Å². The second kappa shape index (κ2) is 4.19. The van der Waals surface area contributed by atoms with Gasteiger partial charge in [0, 0.05) is 10.7 Å². The Morgan fingerprint density at radius 1 is 1.13 bits per heavy atom. The Labute approximate surface area is 92.9 Å². The van der Waals surface area contributed by atoms with Gasteiger partial charge in [0.25, 0.3) is 0 Å². The molecule has 15 heavy (non-hydrogen) atoms. The summed E-state index contributed by atoms with van der Waals surface area (Å²) in [5.74, 6) is 0.506. The third-order valence-electron chi connectivity index (χ3n) is 1.90. The number of halogens is 1. The van der Waals surface area contributed by atoms with Crippen LogP contribution in [-0.2, 0) is 0 Å². The highest BCUT2D eigenvalue weighted by Crippen LogP contribution is 2.19. The molecule has 0 bridgehead atoms. The lowest BCUT2D eigenvalue weighted by atomic mass is 10.3. The van der Waals surface area contributed by atoms with Gasteiger partial charge >= 0.3 is 0 Å². The second-order valence-electron chi connectivity index (χ2n) is 3.11. The molecule has 0 spiro atoms. The van der Waals surface area contributed by atoms with Gasteiger partial charge in [0.05, 0.1) is 11.9 Å². The summed E-state index contributed by atoms with van der Waals surface area (Å²) < 4.78 is 0. The van der Waals surface area contributed by atoms with E-state index >= 15 is 0 Å². The zero-order valence-electron chi connectivity index (χ0n) is 7.94. The maximum Gasteiger partial charge on any atom is 0.123 e. The molecule has 1 aromatic carbocycles. The van der Waals surface area contributed by atoms with E-state index in [4.69, 9.17) is 17.3 Å². The SMILES string of the molecule is Nc1ccc(Nc2cccc(Cl)c2)cn1. The van der Waals surface area contributed by atoms with Crippen molar-refractivity contribution in [2.45, 2.75) is 0 Å². The number of nitrogens with zero attached hydrogens (tertiary/aromatic N) is 1. The molecule has 3 nitrogen and oxygen atoms in total. The molecule has 0 fully saturated rings. The van der Waals surface area contributed by atoms with Crippen molar-refractivity contribution in [3.63, 3.8) is 0 Å². The molecule has 2 aromatic rings. The zero-order valence-corrected chi connectivity index (χ0v) is 8.70. The van der Waals surface area contributed by atoms with E-state index in [-0.39, 0.29) is 0 Å². The Morgan fingerprint density at radius 2 is 2.00 bits per heavy atom. The van der Waals surface area contributed by atoms with Crippen LogP contribution in [0.5, 0.6) is 0 Å². The number of hydrogen-bond acceptors (Lipinski definition) is 3. The third-order valence-corrected chi connectivity index (χ3v) is 2.13. The maximum atomic E-state index is 5.86. The van der Waals surface area contributed by atoms with Gasteiger partial charge in [-0.3, -0.25) is 0 Å². The van der Waals surface area contributed by atoms with E-state index in [1.54, 1.807) is 12.3 Å². The van der Waals surface area contributed by atoms with Crippen LogP contribution in [0.4, 0.5) is 17.2 Å². The summed E-state index contributed by atoms with van der Waals surface area (Å²) in [5, 5.41) is 3.87. The van der Waals surface area contributed by atoms with Crippen molar-refractivity contribution in [2.75, 3.05) is 11.1 Å². The maximum absolute atomic E-state index is 5.86. The number of benzene rings is 1. The highest BCUT2D eigenvalue weighted by atomic mass is 35.5. The van der Waals surface area contributed by atoms with Gasteiger partial charge in [-0.15, -0.1) is 0 Å². The molecule has 1 heterocycles. The fraction of sp³-hybridized carbons (Fsp3) is 0. The first-order chi connectivity index (χ1) is 7.24. The number of pyridine rings is 1. The van der Waals surface area contributed by atoms with E-state index in [0.29, 0.717) is 10.8 Å². The average Bonchev–Trinajstić information content (AvgIpc) is 2.22. The summed E-state index contributed by atoms with van der Waals surface area (Å²) >= 11 is 5.86. The van der Waals surface area contributed by atoms with Crippen molar-refractivity contribution >= 4 is 28.8 Å². The topological polar surface area (TPSA) is 50.9 Å². The first-order valence-corrected chi connectivity index (χ1v) is 4.86. The molecule has 0 radical (unpaired) electrons. The van der Waals surface area contributed by atoms with Crippen molar-refractivity contribution in [1.82, 2.24) is 4.98 Å². The van der Waals surface area contributed by atoms with Gasteiger partial charge in [0.15, 0.2) is 0 Å². The minimum absolute atomic E-state index is 0.506. The highest BCUT2D eigenvalue weighted by molar-refractivity contribution is 6.30.